The number of amides is 1. The number of hydrogen-bond donors (Lipinski definition) is 1. The lowest BCUT2D eigenvalue weighted by Crippen LogP contribution is -2.30. The molecule has 184 valence electrons. The van der Waals surface area contributed by atoms with Gasteiger partial charge in [-0.15, -0.1) is 0 Å². The first-order chi connectivity index (χ1) is 17.4. The number of aliphatic hydroxyl groups is 1. The van der Waals surface area contributed by atoms with Crippen molar-refractivity contribution in [3.05, 3.63) is 83.0 Å². The van der Waals surface area contributed by atoms with E-state index in [-0.39, 0.29) is 11.3 Å². The summed E-state index contributed by atoms with van der Waals surface area (Å²) in [6.45, 7) is 6.54. The number of hydrogen-bond acceptors (Lipinski definition) is 8. The maximum absolute atomic E-state index is 13.5. The fourth-order valence-electron chi connectivity index (χ4n) is 4.20. The number of ketones is 1. The molecule has 2 aromatic carbocycles. The summed E-state index contributed by atoms with van der Waals surface area (Å²) in [5, 5.41) is 11.3. The van der Waals surface area contributed by atoms with Gasteiger partial charge in [-0.2, -0.15) is 0 Å². The quantitative estimate of drug-likeness (QED) is 0.304. The van der Waals surface area contributed by atoms with Crippen LogP contribution in [-0.2, 0) is 4.79 Å². The highest BCUT2D eigenvalue weighted by atomic mass is 32.1. The van der Waals surface area contributed by atoms with E-state index < -0.39 is 23.5 Å². The predicted molar refractivity (Wildman–Crippen MR) is 136 cm³/mol. The number of fused-ring (bicyclic) bond motifs is 1. The number of Topliss-reactive ketones (excluding diaryl/α,β-unsaturated/α-hetero) is 1. The first-order valence-electron chi connectivity index (χ1n) is 11.5. The number of benzene rings is 2. The van der Waals surface area contributed by atoms with E-state index in [0.717, 1.165) is 4.70 Å². The van der Waals surface area contributed by atoms with Gasteiger partial charge in [0.1, 0.15) is 17.3 Å². The van der Waals surface area contributed by atoms with Crippen LogP contribution in [0.15, 0.2) is 70.3 Å². The van der Waals surface area contributed by atoms with Crippen LogP contribution >= 0.6 is 11.3 Å². The summed E-state index contributed by atoms with van der Waals surface area (Å²) < 4.78 is 17.5. The molecule has 0 spiro atoms. The Labute approximate surface area is 211 Å². The number of nitrogens with zero attached hydrogens (tertiary/aromatic N) is 2. The zero-order valence-electron chi connectivity index (χ0n) is 20.0. The number of anilines is 1. The Hall–Kier alpha value is -4.11. The molecule has 0 bridgehead atoms. The highest BCUT2D eigenvalue weighted by Gasteiger charge is 2.46. The normalized spacial score (nSPS) is 15.7. The molecule has 1 aliphatic rings. The van der Waals surface area contributed by atoms with Gasteiger partial charge in [-0.25, -0.2) is 4.98 Å². The third-order valence-corrected chi connectivity index (χ3v) is 6.81. The van der Waals surface area contributed by atoms with Crippen LogP contribution in [-0.4, -0.2) is 35.0 Å². The zero-order chi connectivity index (χ0) is 25.4. The number of ether oxygens (including phenoxy) is 2. The van der Waals surface area contributed by atoms with Crippen molar-refractivity contribution in [3.63, 3.8) is 0 Å². The Morgan fingerprint density at radius 1 is 1.06 bits per heavy atom. The Morgan fingerprint density at radius 3 is 2.42 bits per heavy atom. The van der Waals surface area contributed by atoms with Gasteiger partial charge in [0.25, 0.3) is 5.91 Å². The van der Waals surface area contributed by atoms with Crippen LogP contribution in [0.2, 0.25) is 0 Å². The van der Waals surface area contributed by atoms with Crippen molar-refractivity contribution in [1.29, 1.82) is 0 Å². The largest absolute Gasteiger partial charge is 0.503 e. The average Bonchev–Trinajstić information content (AvgIpc) is 3.55. The molecule has 1 atom stereocenters. The van der Waals surface area contributed by atoms with E-state index in [1.54, 1.807) is 37.3 Å². The smallest absolute Gasteiger partial charge is 0.296 e. The number of furan rings is 1. The minimum atomic E-state index is -0.905. The number of carbonyl (C=O) groups excluding carboxylic acids is 2. The van der Waals surface area contributed by atoms with Crippen LogP contribution < -0.4 is 14.4 Å². The molecule has 36 heavy (non-hydrogen) atoms. The lowest BCUT2D eigenvalue weighted by molar-refractivity contribution is -0.117. The van der Waals surface area contributed by atoms with Crippen LogP contribution in [0.3, 0.4) is 0 Å². The van der Waals surface area contributed by atoms with E-state index in [2.05, 4.69) is 4.98 Å². The summed E-state index contributed by atoms with van der Waals surface area (Å²) in [5.74, 6) is 0.0602. The number of carbonyl (C=O) groups is 2. The molecule has 1 aliphatic heterocycles. The third-order valence-electron chi connectivity index (χ3n) is 5.79. The van der Waals surface area contributed by atoms with Crippen molar-refractivity contribution in [2.24, 2.45) is 0 Å². The summed E-state index contributed by atoms with van der Waals surface area (Å²) in [7, 11) is 0. The molecule has 0 saturated carbocycles. The molecule has 0 radical (unpaired) electrons. The highest BCUT2D eigenvalue weighted by molar-refractivity contribution is 7.22. The summed E-state index contributed by atoms with van der Waals surface area (Å²) in [6, 6.07) is 14.9. The van der Waals surface area contributed by atoms with Crippen molar-refractivity contribution in [2.75, 3.05) is 18.1 Å². The molecule has 0 unspecified atom stereocenters. The van der Waals surface area contributed by atoms with Gasteiger partial charge in [-0.05, 0) is 68.8 Å². The van der Waals surface area contributed by atoms with Crippen molar-refractivity contribution < 1.29 is 28.6 Å². The second-order valence-corrected chi connectivity index (χ2v) is 9.15. The van der Waals surface area contributed by atoms with E-state index in [9.17, 15) is 14.7 Å². The third kappa shape index (κ3) is 4.11. The van der Waals surface area contributed by atoms with Gasteiger partial charge in [0, 0.05) is 0 Å². The van der Waals surface area contributed by atoms with E-state index in [4.69, 9.17) is 13.9 Å². The summed E-state index contributed by atoms with van der Waals surface area (Å²) >= 11 is 1.28. The second kappa shape index (κ2) is 9.50. The minimum Gasteiger partial charge on any atom is -0.503 e. The van der Waals surface area contributed by atoms with E-state index in [0.29, 0.717) is 46.7 Å². The molecule has 0 saturated heterocycles. The van der Waals surface area contributed by atoms with Crippen LogP contribution in [0.4, 0.5) is 5.13 Å². The zero-order valence-corrected chi connectivity index (χ0v) is 20.8. The van der Waals surface area contributed by atoms with E-state index in [1.807, 2.05) is 32.0 Å². The van der Waals surface area contributed by atoms with Crippen molar-refractivity contribution in [1.82, 2.24) is 4.98 Å². The maximum Gasteiger partial charge on any atom is 0.296 e. The van der Waals surface area contributed by atoms with Gasteiger partial charge in [-0.3, -0.25) is 14.5 Å². The molecular weight excluding hydrogens is 480 g/mol. The van der Waals surface area contributed by atoms with E-state index in [1.165, 1.54) is 22.3 Å². The Morgan fingerprint density at radius 2 is 1.75 bits per heavy atom. The fraction of sp³-hybridized carbons (Fsp3) is 0.222. The molecule has 5 rings (SSSR count). The fourth-order valence-corrected chi connectivity index (χ4v) is 5.23. The second-order valence-electron chi connectivity index (χ2n) is 8.14. The monoisotopic (exact) mass is 504 g/mol. The molecule has 2 aromatic heterocycles. The van der Waals surface area contributed by atoms with Crippen LogP contribution in [0.25, 0.3) is 10.2 Å². The summed E-state index contributed by atoms with van der Waals surface area (Å²) in [4.78, 5) is 32.9. The topological polar surface area (TPSA) is 102 Å². The van der Waals surface area contributed by atoms with E-state index >= 15 is 0 Å². The molecular formula is C27H24N2O6S. The maximum atomic E-state index is 13.5. The van der Waals surface area contributed by atoms with Crippen molar-refractivity contribution >= 4 is 38.4 Å². The van der Waals surface area contributed by atoms with Crippen molar-refractivity contribution in [2.45, 2.75) is 26.8 Å². The molecule has 3 heterocycles. The number of aryl methyl sites for hydroxylation is 1. The lowest BCUT2D eigenvalue weighted by atomic mass is 9.95. The molecule has 4 aromatic rings. The summed E-state index contributed by atoms with van der Waals surface area (Å²) in [5.41, 5.74) is 1.24. The predicted octanol–water partition coefficient (Wildman–Crippen LogP) is 5.78. The number of thiazole rings is 1. The number of rotatable bonds is 8. The molecule has 0 aliphatic carbocycles. The SMILES string of the molecule is CCOc1ccc([C@H]2C(C(=O)c3ccc(C)o3)=C(O)C(=O)N2c2nc3ccc(OCC)cc3s2)cc1. The number of aliphatic hydroxyl groups excluding tert-OH is 1. The van der Waals surface area contributed by atoms with Gasteiger partial charge in [0.2, 0.25) is 5.78 Å². The summed E-state index contributed by atoms with van der Waals surface area (Å²) in [6.07, 6.45) is 0. The highest BCUT2D eigenvalue weighted by Crippen LogP contribution is 2.44. The molecule has 0 fully saturated rings. The van der Waals surface area contributed by atoms with Gasteiger partial charge < -0.3 is 19.0 Å². The first-order valence-corrected chi connectivity index (χ1v) is 12.4. The van der Waals surface area contributed by atoms with Gasteiger partial charge in [0.15, 0.2) is 16.7 Å². The first kappa shape index (κ1) is 23.6. The lowest BCUT2D eigenvalue weighted by Gasteiger charge is -2.24. The van der Waals surface area contributed by atoms with Crippen LogP contribution in [0.1, 0.15) is 41.8 Å². The van der Waals surface area contributed by atoms with Gasteiger partial charge in [0.05, 0.1) is 35.0 Å². The minimum absolute atomic E-state index is 0.0466. The van der Waals surface area contributed by atoms with Crippen molar-refractivity contribution in [3.8, 4) is 11.5 Å². The number of aromatic nitrogens is 1. The average molecular weight is 505 g/mol. The molecule has 9 heteroatoms. The Kier molecular flexibility index (Phi) is 6.24. The van der Waals surface area contributed by atoms with Gasteiger partial charge in [-0.1, -0.05) is 23.5 Å². The van der Waals surface area contributed by atoms with Crippen LogP contribution in [0, 0.1) is 6.92 Å². The van der Waals surface area contributed by atoms with Gasteiger partial charge >= 0.3 is 0 Å². The molecule has 8 nitrogen and oxygen atoms in total. The Balaban J connectivity index is 1.62. The molecule has 1 N–H and O–H groups in total. The van der Waals surface area contributed by atoms with Crippen LogP contribution in [0.5, 0.6) is 11.5 Å². The standard InChI is InChI=1S/C27H24N2O6S/c1-4-33-17-9-7-16(8-10-17)23-22(24(30)20-13-6-15(3)35-20)25(31)26(32)29(23)27-28-19-12-11-18(34-5-2)14-21(19)36-27/h6-14,23,31H,4-5H2,1-3H3/t23-/m0/s1. The Bertz CT molecular complexity index is 1480. The molecule has 1 amide bonds.